The van der Waals surface area contributed by atoms with Crippen LogP contribution in [0.4, 0.5) is 5.69 Å². The average molecular weight is 453 g/mol. The maximum absolute atomic E-state index is 12.6. The molecule has 0 saturated carbocycles. The Balaban J connectivity index is 2.16. The van der Waals surface area contributed by atoms with Crippen molar-refractivity contribution in [2.45, 2.75) is 12.5 Å². The van der Waals surface area contributed by atoms with E-state index in [2.05, 4.69) is 10.0 Å². The number of nitrogens with one attached hydrogen (secondary N) is 2. The van der Waals surface area contributed by atoms with Crippen molar-refractivity contribution in [1.82, 2.24) is 4.72 Å². The summed E-state index contributed by atoms with van der Waals surface area (Å²) in [7, 11) is -5.89. The SMILES string of the molecule is COc1ccc(NC(=O)C(CCS(C)(=O)=O)NS(=O)(=O)/C=C/c2ccccc2)cc1. The number of benzene rings is 2. The van der Waals surface area contributed by atoms with Gasteiger partial charge in [0.05, 0.1) is 12.9 Å². The van der Waals surface area contributed by atoms with E-state index >= 15 is 0 Å². The maximum Gasteiger partial charge on any atom is 0.242 e. The van der Waals surface area contributed by atoms with Crippen molar-refractivity contribution in [3.05, 3.63) is 65.6 Å². The highest BCUT2D eigenvalue weighted by atomic mass is 32.2. The summed E-state index contributed by atoms with van der Waals surface area (Å²) < 4.78 is 55.2. The number of carbonyl (C=O) groups is 1. The normalized spacial score (nSPS) is 13.1. The molecule has 0 spiro atoms. The van der Waals surface area contributed by atoms with Crippen LogP contribution in [0.3, 0.4) is 0 Å². The number of anilines is 1. The molecule has 2 rings (SSSR count). The Kier molecular flexibility index (Phi) is 8.16. The molecule has 30 heavy (non-hydrogen) atoms. The summed E-state index contributed by atoms with van der Waals surface area (Å²) in [6, 6.07) is 14.0. The summed E-state index contributed by atoms with van der Waals surface area (Å²) in [5.74, 6) is -0.424. The highest BCUT2D eigenvalue weighted by Gasteiger charge is 2.24. The van der Waals surface area contributed by atoms with Gasteiger partial charge in [0.1, 0.15) is 21.6 Å². The minimum atomic E-state index is -4.00. The van der Waals surface area contributed by atoms with E-state index in [0.29, 0.717) is 17.0 Å². The van der Waals surface area contributed by atoms with Gasteiger partial charge in [-0.15, -0.1) is 0 Å². The molecule has 10 heteroatoms. The van der Waals surface area contributed by atoms with E-state index in [1.54, 1.807) is 54.6 Å². The van der Waals surface area contributed by atoms with Crippen molar-refractivity contribution in [3.8, 4) is 5.75 Å². The lowest BCUT2D eigenvalue weighted by molar-refractivity contribution is -0.117. The molecule has 0 aliphatic carbocycles. The standard InChI is InChI=1S/C20H24N2O6S2/c1-28-18-10-8-17(9-11-18)21-20(23)19(13-14-29(2,24)25)22-30(26,27)15-12-16-6-4-3-5-7-16/h3-12,15,19,22H,13-14H2,1-2H3,(H,21,23)/b15-12+. The third kappa shape index (κ3) is 8.36. The number of sulfonamides is 1. The van der Waals surface area contributed by atoms with Gasteiger partial charge < -0.3 is 10.1 Å². The Hall–Kier alpha value is -2.69. The van der Waals surface area contributed by atoms with Gasteiger partial charge in [0.25, 0.3) is 0 Å². The minimum Gasteiger partial charge on any atom is -0.497 e. The fourth-order valence-corrected chi connectivity index (χ4v) is 4.15. The van der Waals surface area contributed by atoms with Crippen LogP contribution >= 0.6 is 0 Å². The van der Waals surface area contributed by atoms with Crippen molar-refractivity contribution in [2.75, 3.05) is 24.4 Å². The molecule has 0 radical (unpaired) electrons. The van der Waals surface area contributed by atoms with Gasteiger partial charge in [-0.2, -0.15) is 4.72 Å². The van der Waals surface area contributed by atoms with Crippen LogP contribution in [0, 0.1) is 0 Å². The largest absolute Gasteiger partial charge is 0.497 e. The lowest BCUT2D eigenvalue weighted by Gasteiger charge is -2.17. The monoisotopic (exact) mass is 452 g/mol. The molecule has 1 unspecified atom stereocenters. The van der Waals surface area contributed by atoms with Gasteiger partial charge >= 0.3 is 0 Å². The molecule has 0 aromatic heterocycles. The number of sulfone groups is 1. The van der Waals surface area contributed by atoms with E-state index in [1.165, 1.54) is 13.2 Å². The average Bonchev–Trinajstić information content (AvgIpc) is 2.70. The number of amides is 1. The highest BCUT2D eigenvalue weighted by molar-refractivity contribution is 7.92. The second-order valence-corrected chi connectivity index (χ2v) is 10.4. The number of hydrogen-bond acceptors (Lipinski definition) is 6. The number of rotatable bonds is 10. The van der Waals surface area contributed by atoms with Crippen LogP contribution in [0.2, 0.25) is 0 Å². The first-order valence-corrected chi connectivity index (χ1v) is 12.6. The number of ether oxygens (including phenoxy) is 1. The molecule has 0 heterocycles. The van der Waals surface area contributed by atoms with E-state index in [1.807, 2.05) is 0 Å². The van der Waals surface area contributed by atoms with Gasteiger partial charge in [0.2, 0.25) is 15.9 Å². The van der Waals surface area contributed by atoms with Crippen LogP contribution in [0.25, 0.3) is 6.08 Å². The van der Waals surface area contributed by atoms with Gasteiger partial charge in [0.15, 0.2) is 0 Å². The van der Waals surface area contributed by atoms with Crippen molar-refractivity contribution in [3.63, 3.8) is 0 Å². The van der Waals surface area contributed by atoms with E-state index in [4.69, 9.17) is 4.74 Å². The number of methoxy groups -OCH3 is 1. The third-order valence-electron chi connectivity index (χ3n) is 4.00. The van der Waals surface area contributed by atoms with Crippen LogP contribution < -0.4 is 14.8 Å². The molecule has 8 nitrogen and oxygen atoms in total. The van der Waals surface area contributed by atoms with Crippen LogP contribution in [0.5, 0.6) is 5.75 Å². The smallest absolute Gasteiger partial charge is 0.242 e. The first-order chi connectivity index (χ1) is 14.1. The molecule has 1 amide bonds. The minimum absolute atomic E-state index is 0.209. The van der Waals surface area contributed by atoms with Crippen molar-refractivity contribution in [2.24, 2.45) is 0 Å². The second-order valence-electron chi connectivity index (χ2n) is 6.57. The molecule has 2 aromatic carbocycles. The summed E-state index contributed by atoms with van der Waals surface area (Å²) in [4.78, 5) is 12.6. The summed E-state index contributed by atoms with van der Waals surface area (Å²) in [6.07, 6.45) is 2.20. The Morgan fingerprint density at radius 1 is 1.03 bits per heavy atom. The van der Waals surface area contributed by atoms with E-state index < -0.39 is 31.8 Å². The number of carbonyl (C=O) groups excluding carboxylic acids is 1. The molecule has 0 bridgehead atoms. The fraction of sp³-hybridized carbons (Fsp3) is 0.250. The Morgan fingerprint density at radius 2 is 1.67 bits per heavy atom. The summed E-state index contributed by atoms with van der Waals surface area (Å²) in [5.41, 5.74) is 1.09. The predicted molar refractivity (Wildman–Crippen MR) is 117 cm³/mol. The number of hydrogen-bond donors (Lipinski definition) is 2. The van der Waals surface area contributed by atoms with Crippen LogP contribution in [0.15, 0.2) is 60.0 Å². The van der Waals surface area contributed by atoms with E-state index in [9.17, 15) is 21.6 Å². The summed E-state index contributed by atoms with van der Waals surface area (Å²) >= 11 is 0. The molecular weight excluding hydrogens is 428 g/mol. The zero-order chi connectivity index (χ0) is 22.2. The molecular formula is C20H24N2O6S2. The molecule has 2 aromatic rings. The van der Waals surface area contributed by atoms with E-state index in [-0.39, 0.29) is 12.2 Å². The van der Waals surface area contributed by atoms with Crippen LogP contribution in [-0.4, -0.2) is 47.9 Å². The fourth-order valence-electron chi connectivity index (χ4n) is 2.45. The van der Waals surface area contributed by atoms with E-state index in [0.717, 1.165) is 11.7 Å². The van der Waals surface area contributed by atoms with Crippen molar-refractivity contribution >= 4 is 37.5 Å². The van der Waals surface area contributed by atoms with Gasteiger partial charge in [-0.05, 0) is 42.3 Å². The lowest BCUT2D eigenvalue weighted by atomic mass is 10.2. The Morgan fingerprint density at radius 3 is 2.23 bits per heavy atom. The van der Waals surface area contributed by atoms with Gasteiger partial charge in [-0.1, -0.05) is 30.3 Å². The van der Waals surface area contributed by atoms with Gasteiger partial charge in [-0.3, -0.25) is 4.79 Å². The molecule has 1 atom stereocenters. The van der Waals surface area contributed by atoms with Gasteiger partial charge in [0, 0.05) is 17.4 Å². The Labute approximate surface area is 176 Å². The molecule has 0 fully saturated rings. The molecule has 0 aliphatic rings. The molecule has 2 N–H and O–H groups in total. The second kappa shape index (κ2) is 10.4. The first-order valence-electron chi connectivity index (χ1n) is 8.96. The molecule has 0 aliphatic heterocycles. The third-order valence-corrected chi connectivity index (χ3v) is 6.08. The summed E-state index contributed by atoms with van der Waals surface area (Å²) in [5, 5.41) is 3.53. The van der Waals surface area contributed by atoms with Gasteiger partial charge in [-0.25, -0.2) is 16.8 Å². The molecule has 0 saturated heterocycles. The molecule has 162 valence electrons. The summed E-state index contributed by atoms with van der Waals surface area (Å²) in [6.45, 7) is 0. The zero-order valence-electron chi connectivity index (χ0n) is 16.6. The first kappa shape index (κ1) is 23.6. The zero-order valence-corrected chi connectivity index (χ0v) is 18.2. The highest BCUT2D eigenvalue weighted by Crippen LogP contribution is 2.16. The maximum atomic E-state index is 12.6. The quantitative estimate of drug-likeness (QED) is 0.569. The van der Waals surface area contributed by atoms with Crippen LogP contribution in [0.1, 0.15) is 12.0 Å². The Bertz CT molecular complexity index is 1080. The van der Waals surface area contributed by atoms with Crippen molar-refractivity contribution in [1.29, 1.82) is 0 Å². The van der Waals surface area contributed by atoms with Crippen molar-refractivity contribution < 1.29 is 26.4 Å². The predicted octanol–water partition coefficient (Wildman–Crippen LogP) is 2.03. The van der Waals surface area contributed by atoms with Crippen LogP contribution in [-0.2, 0) is 24.7 Å². The topological polar surface area (TPSA) is 119 Å². The lowest BCUT2D eigenvalue weighted by Crippen LogP contribution is -2.44.